The van der Waals surface area contributed by atoms with Gasteiger partial charge in [0.15, 0.2) is 0 Å². The fourth-order valence-corrected chi connectivity index (χ4v) is 6.28. The average molecular weight is 373 g/mol. The van der Waals surface area contributed by atoms with Crippen molar-refractivity contribution in [1.29, 1.82) is 0 Å². The van der Waals surface area contributed by atoms with Gasteiger partial charge in [0, 0.05) is 26.0 Å². The van der Waals surface area contributed by atoms with E-state index in [4.69, 9.17) is 11.2 Å². The van der Waals surface area contributed by atoms with Gasteiger partial charge in [0.2, 0.25) is 11.6 Å². The topological polar surface area (TPSA) is 49.8 Å². The summed E-state index contributed by atoms with van der Waals surface area (Å²) >= 11 is 0. The lowest BCUT2D eigenvalue weighted by molar-refractivity contribution is -0.139. The van der Waals surface area contributed by atoms with Crippen molar-refractivity contribution < 1.29 is 14.6 Å². The number of nitrogens with zero attached hydrogens (tertiary/aromatic N) is 1. The van der Waals surface area contributed by atoms with Crippen LogP contribution in [0.1, 0.15) is 35.1 Å². The molecule has 0 spiro atoms. The molecule has 1 heterocycles. The van der Waals surface area contributed by atoms with Crippen molar-refractivity contribution >= 4 is 5.91 Å². The summed E-state index contributed by atoms with van der Waals surface area (Å²) in [5.74, 6) is 1.38. The Balaban J connectivity index is 1.96. The monoisotopic (exact) mass is 373 g/mol. The lowest BCUT2D eigenvalue weighted by atomic mass is 9.45. The summed E-state index contributed by atoms with van der Waals surface area (Å²) in [5.41, 5.74) is 2.14. The predicted octanol–water partition coefficient (Wildman–Crippen LogP) is 2.49. The van der Waals surface area contributed by atoms with E-state index in [1.807, 2.05) is 31.2 Å². The molecule has 4 aliphatic rings. The minimum atomic E-state index is -1.63. The van der Waals surface area contributed by atoms with Crippen molar-refractivity contribution in [3.8, 4) is 12.3 Å². The summed E-state index contributed by atoms with van der Waals surface area (Å²) in [6, 6.07) is 16.5. The Morgan fingerprint density at radius 3 is 2.18 bits per heavy atom. The van der Waals surface area contributed by atoms with E-state index in [0.717, 1.165) is 22.3 Å². The van der Waals surface area contributed by atoms with Crippen molar-refractivity contribution in [2.24, 2.45) is 11.8 Å². The summed E-state index contributed by atoms with van der Waals surface area (Å²) in [6.07, 6.45) is 5.55. The highest BCUT2D eigenvalue weighted by atomic mass is 16.5. The quantitative estimate of drug-likeness (QED) is 0.823. The molecule has 4 atom stereocenters. The number of hydrogen-bond donors (Lipinski definition) is 1. The SMILES string of the molecule is C#C[C@]1(O)[C@H]2C3c4ccccc4C([C@H](C)OC)(c4ccccc43)[C@H]2C(=O)N1C. The third-order valence-electron chi connectivity index (χ3n) is 7.47. The molecule has 6 rings (SSSR count). The fraction of sp³-hybridized carbons (Fsp3) is 0.375. The first-order chi connectivity index (χ1) is 13.4. The van der Waals surface area contributed by atoms with Gasteiger partial charge in [0.05, 0.1) is 17.4 Å². The number of carbonyl (C=O) groups excluding carboxylic acids is 1. The van der Waals surface area contributed by atoms with Crippen LogP contribution in [0.2, 0.25) is 0 Å². The van der Waals surface area contributed by atoms with E-state index in [9.17, 15) is 9.90 Å². The molecule has 28 heavy (non-hydrogen) atoms. The van der Waals surface area contributed by atoms with Crippen LogP contribution in [0.5, 0.6) is 0 Å². The van der Waals surface area contributed by atoms with Crippen LogP contribution in [0.15, 0.2) is 48.5 Å². The van der Waals surface area contributed by atoms with E-state index in [1.165, 1.54) is 4.90 Å². The van der Waals surface area contributed by atoms with Crippen LogP contribution in [0.3, 0.4) is 0 Å². The Morgan fingerprint density at radius 2 is 1.68 bits per heavy atom. The largest absolute Gasteiger partial charge is 0.380 e. The van der Waals surface area contributed by atoms with Gasteiger partial charge >= 0.3 is 0 Å². The van der Waals surface area contributed by atoms with Gasteiger partial charge in [-0.15, -0.1) is 6.42 Å². The molecule has 1 aliphatic heterocycles. The molecule has 1 saturated heterocycles. The standard InChI is InChI=1S/C24H23NO3/c1-5-23(27)20-19-15-10-6-8-12-17(15)24(14(2)28-4,21(20)22(26)25(23)3)18-13-9-7-11-16(18)19/h1,6-14,19-21,27H,2-4H3/t14-,19?,20-,21+,23-,24?/m0/s1. The van der Waals surface area contributed by atoms with Gasteiger partial charge in [0.25, 0.3) is 0 Å². The molecule has 142 valence electrons. The van der Waals surface area contributed by atoms with Gasteiger partial charge in [0.1, 0.15) is 0 Å². The Bertz CT molecular complexity index is 991. The third kappa shape index (κ3) is 1.65. The number of terminal acetylenes is 1. The van der Waals surface area contributed by atoms with Gasteiger partial charge in [-0.25, -0.2) is 0 Å². The van der Waals surface area contributed by atoms with Crippen LogP contribution in [0, 0.1) is 24.2 Å². The molecule has 2 aromatic rings. The van der Waals surface area contributed by atoms with E-state index in [0.29, 0.717) is 0 Å². The lowest BCUT2D eigenvalue weighted by Crippen LogP contribution is -2.60. The van der Waals surface area contributed by atoms with E-state index in [-0.39, 0.29) is 17.9 Å². The molecule has 2 aromatic carbocycles. The smallest absolute Gasteiger partial charge is 0.230 e. The van der Waals surface area contributed by atoms with Crippen LogP contribution in [0.4, 0.5) is 0 Å². The summed E-state index contributed by atoms with van der Waals surface area (Å²) in [4.78, 5) is 14.9. The maximum Gasteiger partial charge on any atom is 0.230 e. The predicted molar refractivity (Wildman–Crippen MR) is 106 cm³/mol. The molecule has 1 amide bonds. The zero-order chi connectivity index (χ0) is 19.8. The molecule has 3 aliphatic carbocycles. The number of amides is 1. The molecule has 4 nitrogen and oxygen atoms in total. The van der Waals surface area contributed by atoms with Crippen molar-refractivity contribution in [2.75, 3.05) is 14.2 Å². The highest BCUT2D eigenvalue weighted by Gasteiger charge is 2.72. The van der Waals surface area contributed by atoms with Gasteiger partial charge in [-0.2, -0.15) is 0 Å². The van der Waals surface area contributed by atoms with Crippen LogP contribution in [-0.4, -0.2) is 41.9 Å². The zero-order valence-electron chi connectivity index (χ0n) is 16.2. The Kier molecular flexibility index (Phi) is 3.42. The first-order valence-corrected chi connectivity index (χ1v) is 9.64. The number of likely N-dealkylation sites (tertiary alicyclic amines) is 1. The van der Waals surface area contributed by atoms with Crippen molar-refractivity contribution in [3.05, 3.63) is 70.8 Å². The number of methoxy groups -OCH3 is 1. The van der Waals surface area contributed by atoms with Crippen LogP contribution in [-0.2, 0) is 14.9 Å². The molecule has 4 heteroatoms. The number of ether oxygens (including phenoxy) is 1. The van der Waals surface area contributed by atoms with Crippen molar-refractivity contribution in [3.63, 3.8) is 0 Å². The summed E-state index contributed by atoms with van der Waals surface area (Å²) in [6.45, 7) is 2.01. The first-order valence-electron chi connectivity index (χ1n) is 9.64. The minimum Gasteiger partial charge on any atom is -0.380 e. The normalized spacial score (nSPS) is 35.8. The van der Waals surface area contributed by atoms with E-state index < -0.39 is 23.0 Å². The van der Waals surface area contributed by atoms with Crippen LogP contribution < -0.4 is 0 Å². The fourth-order valence-electron chi connectivity index (χ4n) is 6.28. The molecule has 1 N–H and O–H groups in total. The van der Waals surface area contributed by atoms with Crippen molar-refractivity contribution in [2.45, 2.75) is 30.1 Å². The molecule has 0 unspecified atom stereocenters. The number of benzene rings is 2. The second-order valence-electron chi connectivity index (χ2n) is 8.17. The highest BCUT2D eigenvalue weighted by molar-refractivity contribution is 5.89. The van der Waals surface area contributed by atoms with Gasteiger partial charge in [-0.05, 0) is 35.1 Å². The number of hydrogen-bond acceptors (Lipinski definition) is 3. The Labute approximate surface area is 165 Å². The van der Waals surface area contributed by atoms with Gasteiger partial charge in [-0.3, -0.25) is 4.79 Å². The minimum absolute atomic E-state index is 0.122. The van der Waals surface area contributed by atoms with Crippen LogP contribution in [0.25, 0.3) is 0 Å². The zero-order valence-corrected chi connectivity index (χ0v) is 16.2. The number of aliphatic hydroxyl groups is 1. The van der Waals surface area contributed by atoms with Crippen molar-refractivity contribution in [1.82, 2.24) is 4.90 Å². The van der Waals surface area contributed by atoms with E-state index >= 15 is 0 Å². The lowest BCUT2D eigenvalue weighted by Gasteiger charge is -2.57. The molecule has 0 radical (unpaired) electrons. The second-order valence-corrected chi connectivity index (χ2v) is 8.17. The molecule has 1 fully saturated rings. The highest BCUT2D eigenvalue weighted by Crippen LogP contribution is 2.67. The maximum atomic E-state index is 13.6. The van der Waals surface area contributed by atoms with Crippen LogP contribution >= 0.6 is 0 Å². The summed E-state index contributed by atoms with van der Waals surface area (Å²) < 4.78 is 5.91. The Hall–Kier alpha value is -2.61. The molecular weight excluding hydrogens is 350 g/mol. The number of carbonyl (C=O) groups is 1. The van der Waals surface area contributed by atoms with E-state index in [1.54, 1.807) is 14.2 Å². The van der Waals surface area contributed by atoms with Gasteiger partial charge in [-0.1, -0.05) is 48.5 Å². The second kappa shape index (κ2) is 5.47. The summed E-state index contributed by atoms with van der Waals surface area (Å²) in [7, 11) is 3.29. The first kappa shape index (κ1) is 17.5. The third-order valence-corrected chi connectivity index (χ3v) is 7.47. The average Bonchev–Trinajstić information content (AvgIpc) is 2.95. The molecule has 2 bridgehead atoms. The van der Waals surface area contributed by atoms with Gasteiger partial charge < -0.3 is 14.7 Å². The molecule has 0 saturated carbocycles. The Morgan fingerprint density at radius 1 is 1.14 bits per heavy atom. The van der Waals surface area contributed by atoms with E-state index in [2.05, 4.69) is 30.2 Å². The maximum absolute atomic E-state index is 13.6. The molecular formula is C24H23NO3. The molecule has 0 aromatic heterocycles. The number of rotatable bonds is 2. The summed E-state index contributed by atoms with van der Waals surface area (Å²) in [5, 5.41) is 11.5.